The van der Waals surface area contributed by atoms with Crippen molar-refractivity contribution < 1.29 is 14.3 Å². The molecular formula is C12H14BrNO3. The number of ether oxygens (including phenoxy) is 2. The Kier molecular flexibility index (Phi) is 1.99. The maximum Gasteiger partial charge on any atom is 0.405 e. The number of primary amides is 1. The van der Waals surface area contributed by atoms with Crippen molar-refractivity contribution in [3.8, 4) is 0 Å². The third kappa shape index (κ3) is 1.19. The van der Waals surface area contributed by atoms with Gasteiger partial charge in [-0.15, -0.1) is 0 Å². The Morgan fingerprint density at radius 1 is 1.35 bits per heavy atom. The van der Waals surface area contributed by atoms with E-state index in [2.05, 4.69) is 22.0 Å². The van der Waals surface area contributed by atoms with E-state index in [4.69, 9.17) is 15.2 Å². The van der Waals surface area contributed by atoms with Crippen LogP contribution in [-0.4, -0.2) is 29.2 Å². The molecule has 92 valence electrons. The number of amides is 1. The van der Waals surface area contributed by atoms with E-state index in [-0.39, 0.29) is 12.2 Å². The number of fused-ring (bicyclic) bond motifs is 2. The summed E-state index contributed by atoms with van der Waals surface area (Å²) in [5, 5.41) is 0. The molecule has 1 amide bonds. The number of carbonyl (C=O) groups excluding carboxylic acids is 1. The van der Waals surface area contributed by atoms with Gasteiger partial charge in [0.2, 0.25) is 0 Å². The number of rotatable bonds is 1. The van der Waals surface area contributed by atoms with Crippen molar-refractivity contribution in [1.82, 2.24) is 0 Å². The third-order valence-electron chi connectivity index (χ3n) is 4.94. The monoisotopic (exact) mass is 299 g/mol. The van der Waals surface area contributed by atoms with Crippen molar-refractivity contribution in [3.63, 3.8) is 0 Å². The molecule has 0 unspecified atom stereocenters. The standard InChI is InChI=1S/C12H14BrNO3/c13-10-4-3-5-9-6(16-11(5)10)1-2-7(8(4)9)17-12(14)15/h1-2,4-11H,3H2,(H2,14,15)/t4-,5+,6-,7-,8+,9-,10-,11-/m1/s1. The van der Waals surface area contributed by atoms with Gasteiger partial charge in [0.15, 0.2) is 0 Å². The second-order valence-corrected chi connectivity index (χ2v) is 6.57. The topological polar surface area (TPSA) is 61.6 Å². The van der Waals surface area contributed by atoms with Gasteiger partial charge in [-0.25, -0.2) is 4.79 Å². The summed E-state index contributed by atoms with van der Waals surface area (Å²) in [6.07, 6.45) is 4.92. The van der Waals surface area contributed by atoms with Crippen LogP contribution in [0.2, 0.25) is 0 Å². The van der Waals surface area contributed by atoms with Crippen LogP contribution in [0.4, 0.5) is 4.79 Å². The Bertz CT molecular complexity index is 413. The highest BCUT2D eigenvalue weighted by molar-refractivity contribution is 9.09. The quantitative estimate of drug-likeness (QED) is 0.589. The molecule has 4 rings (SSSR count). The van der Waals surface area contributed by atoms with E-state index in [9.17, 15) is 4.79 Å². The molecule has 2 bridgehead atoms. The SMILES string of the molecule is NC(=O)O[C@@H]1C=C[C@H]2O[C@H]3[C@H](Br)[C@@H]4C[C@H]3[C@H]2[C@@H]41. The number of halogens is 1. The van der Waals surface area contributed by atoms with Gasteiger partial charge in [-0.1, -0.05) is 22.0 Å². The van der Waals surface area contributed by atoms with Gasteiger partial charge in [-0.2, -0.15) is 0 Å². The van der Waals surface area contributed by atoms with Crippen molar-refractivity contribution in [2.45, 2.75) is 29.6 Å². The summed E-state index contributed by atoms with van der Waals surface area (Å²) in [4.78, 5) is 11.4. The number of hydrogen-bond donors (Lipinski definition) is 1. The Hall–Kier alpha value is -0.550. The molecule has 17 heavy (non-hydrogen) atoms. The molecular weight excluding hydrogens is 286 g/mol. The predicted octanol–water partition coefficient (Wildman–Crippen LogP) is 1.43. The minimum atomic E-state index is -0.678. The van der Waals surface area contributed by atoms with Crippen LogP contribution in [0.1, 0.15) is 6.42 Å². The minimum absolute atomic E-state index is 0.161. The second-order valence-electron chi connectivity index (χ2n) is 5.51. The Morgan fingerprint density at radius 3 is 2.94 bits per heavy atom. The molecule has 1 saturated heterocycles. The van der Waals surface area contributed by atoms with E-state index < -0.39 is 6.09 Å². The van der Waals surface area contributed by atoms with Crippen LogP contribution in [-0.2, 0) is 9.47 Å². The van der Waals surface area contributed by atoms with Crippen molar-refractivity contribution in [3.05, 3.63) is 12.2 Å². The smallest absolute Gasteiger partial charge is 0.405 e. The fraction of sp³-hybridized carbons (Fsp3) is 0.750. The van der Waals surface area contributed by atoms with Crippen LogP contribution in [0, 0.1) is 23.7 Å². The first-order chi connectivity index (χ1) is 8.16. The number of hydrogen-bond acceptors (Lipinski definition) is 3. The fourth-order valence-electron chi connectivity index (χ4n) is 4.52. The summed E-state index contributed by atoms with van der Waals surface area (Å²) in [7, 11) is 0. The molecule has 0 aromatic heterocycles. The molecule has 4 nitrogen and oxygen atoms in total. The highest BCUT2D eigenvalue weighted by Crippen LogP contribution is 2.64. The van der Waals surface area contributed by atoms with E-state index in [0.717, 1.165) is 0 Å². The van der Waals surface area contributed by atoms with Crippen LogP contribution in [0.3, 0.4) is 0 Å². The summed E-state index contributed by atoms with van der Waals surface area (Å²) in [6.45, 7) is 0. The average molecular weight is 300 g/mol. The first-order valence-electron chi connectivity index (χ1n) is 6.11. The maximum absolute atomic E-state index is 11.0. The van der Waals surface area contributed by atoms with E-state index in [1.807, 2.05) is 6.08 Å². The van der Waals surface area contributed by atoms with Gasteiger partial charge in [-0.05, 0) is 24.3 Å². The van der Waals surface area contributed by atoms with Gasteiger partial charge in [0.05, 0.1) is 12.2 Å². The Morgan fingerprint density at radius 2 is 2.18 bits per heavy atom. The summed E-state index contributed by atoms with van der Waals surface area (Å²) in [6, 6.07) is 0. The third-order valence-corrected chi connectivity index (χ3v) is 6.14. The molecule has 3 fully saturated rings. The first-order valence-corrected chi connectivity index (χ1v) is 7.02. The van der Waals surface area contributed by atoms with E-state index >= 15 is 0 Å². The van der Waals surface area contributed by atoms with E-state index in [1.54, 1.807) is 0 Å². The molecule has 3 aliphatic carbocycles. The Labute approximate surface area is 108 Å². The van der Waals surface area contributed by atoms with Gasteiger partial charge >= 0.3 is 6.09 Å². The van der Waals surface area contributed by atoms with Crippen molar-refractivity contribution in [1.29, 1.82) is 0 Å². The predicted molar refractivity (Wildman–Crippen MR) is 63.5 cm³/mol. The molecule has 5 heteroatoms. The molecule has 0 radical (unpaired) electrons. The van der Waals surface area contributed by atoms with Crippen LogP contribution in [0.5, 0.6) is 0 Å². The lowest BCUT2D eigenvalue weighted by Crippen LogP contribution is -2.43. The number of alkyl halides is 1. The lowest BCUT2D eigenvalue weighted by molar-refractivity contribution is 0.0403. The molecule has 0 aromatic carbocycles. The molecule has 8 atom stereocenters. The summed E-state index contributed by atoms with van der Waals surface area (Å²) in [5.74, 6) is 2.08. The van der Waals surface area contributed by atoms with Gasteiger partial charge in [0.25, 0.3) is 0 Å². The lowest BCUT2D eigenvalue weighted by atomic mass is 9.72. The van der Waals surface area contributed by atoms with Gasteiger partial charge in [-0.3, -0.25) is 0 Å². The summed E-state index contributed by atoms with van der Waals surface area (Å²) >= 11 is 3.75. The van der Waals surface area contributed by atoms with Crippen LogP contribution < -0.4 is 5.73 Å². The lowest BCUT2D eigenvalue weighted by Gasteiger charge is -2.36. The molecule has 2 N–H and O–H groups in total. The van der Waals surface area contributed by atoms with E-state index in [0.29, 0.717) is 34.6 Å². The number of nitrogens with two attached hydrogens (primary N) is 1. The van der Waals surface area contributed by atoms with Crippen LogP contribution in [0.25, 0.3) is 0 Å². The normalized spacial score (nSPS) is 57.5. The van der Waals surface area contributed by atoms with E-state index in [1.165, 1.54) is 6.42 Å². The maximum atomic E-state index is 11.0. The zero-order valence-corrected chi connectivity index (χ0v) is 10.7. The van der Waals surface area contributed by atoms with Crippen molar-refractivity contribution in [2.75, 3.05) is 0 Å². The summed E-state index contributed by atoms with van der Waals surface area (Å²) < 4.78 is 11.3. The molecule has 1 aliphatic heterocycles. The summed E-state index contributed by atoms with van der Waals surface area (Å²) in [5.41, 5.74) is 5.15. The molecule has 0 aromatic rings. The van der Waals surface area contributed by atoms with Gasteiger partial charge in [0, 0.05) is 16.7 Å². The molecule has 1 heterocycles. The zero-order chi connectivity index (χ0) is 11.7. The highest BCUT2D eigenvalue weighted by atomic mass is 79.9. The van der Waals surface area contributed by atoms with Crippen molar-refractivity contribution >= 4 is 22.0 Å². The van der Waals surface area contributed by atoms with Gasteiger partial charge < -0.3 is 15.2 Å². The molecule has 0 spiro atoms. The molecule has 4 aliphatic rings. The van der Waals surface area contributed by atoms with Crippen molar-refractivity contribution in [2.24, 2.45) is 29.4 Å². The first kappa shape index (κ1) is 10.4. The zero-order valence-electron chi connectivity index (χ0n) is 9.16. The highest BCUT2D eigenvalue weighted by Gasteiger charge is 2.67. The van der Waals surface area contributed by atoms with Crippen LogP contribution >= 0.6 is 15.9 Å². The number of carbonyl (C=O) groups is 1. The van der Waals surface area contributed by atoms with Crippen LogP contribution in [0.15, 0.2) is 12.2 Å². The average Bonchev–Trinajstić information content (AvgIpc) is 2.87. The largest absolute Gasteiger partial charge is 0.442 e. The Balaban J connectivity index is 1.71. The fourth-order valence-corrected chi connectivity index (χ4v) is 5.61. The van der Waals surface area contributed by atoms with Gasteiger partial charge in [0.1, 0.15) is 6.10 Å². The minimum Gasteiger partial charge on any atom is -0.442 e. The molecule has 2 saturated carbocycles. The second kappa shape index (κ2) is 3.26.